The molecule has 114 valence electrons. The Labute approximate surface area is 117 Å². The van der Waals surface area contributed by atoms with Crippen LogP contribution < -0.4 is 0 Å². The first kappa shape index (κ1) is 16.6. The van der Waals surface area contributed by atoms with Crippen molar-refractivity contribution in [3.63, 3.8) is 0 Å². The second-order valence-corrected chi connectivity index (χ2v) is 6.41. The zero-order chi connectivity index (χ0) is 15.3. The highest BCUT2D eigenvalue weighted by molar-refractivity contribution is 7.89. The number of rotatable bonds is 8. The van der Waals surface area contributed by atoms with Crippen molar-refractivity contribution < 1.29 is 23.4 Å². The summed E-state index contributed by atoms with van der Waals surface area (Å²) in [7, 11) is -3.74. The van der Waals surface area contributed by atoms with Crippen LogP contribution >= 0.6 is 0 Å². The van der Waals surface area contributed by atoms with E-state index in [-0.39, 0.29) is 37.1 Å². The fourth-order valence-corrected chi connectivity index (χ4v) is 3.28. The molecule has 0 aromatic carbocycles. The van der Waals surface area contributed by atoms with E-state index in [0.29, 0.717) is 0 Å². The van der Waals surface area contributed by atoms with Crippen molar-refractivity contribution in [3.8, 4) is 0 Å². The predicted octanol–water partition coefficient (Wildman–Crippen LogP) is -0.251. The summed E-state index contributed by atoms with van der Waals surface area (Å²) in [6, 6.07) is -0.297. The molecule has 20 heavy (non-hydrogen) atoms. The van der Waals surface area contributed by atoms with Crippen molar-refractivity contribution in [2.24, 2.45) is 0 Å². The predicted molar refractivity (Wildman–Crippen MR) is 70.6 cm³/mol. The maximum Gasteiger partial charge on any atom is 0.305 e. The molecule has 1 heterocycles. The van der Waals surface area contributed by atoms with Crippen LogP contribution in [-0.4, -0.2) is 57.9 Å². The average Bonchev–Trinajstić information content (AvgIpc) is 2.82. The number of nitrogens with zero attached hydrogens (tertiary/aromatic N) is 3. The maximum absolute atomic E-state index is 12.4. The maximum atomic E-state index is 12.4. The number of aryl methyl sites for hydroxylation is 1. The molecule has 0 aliphatic carbocycles. The number of carboxylic acids is 1. The molecule has 0 unspecified atom stereocenters. The summed E-state index contributed by atoms with van der Waals surface area (Å²) in [4.78, 5) is 10.5. The Hall–Kier alpha value is -1.45. The molecule has 0 aliphatic heterocycles. The lowest BCUT2D eigenvalue weighted by molar-refractivity contribution is -0.137. The minimum Gasteiger partial charge on any atom is -0.481 e. The lowest BCUT2D eigenvalue weighted by atomic mass is 10.4. The van der Waals surface area contributed by atoms with Crippen LogP contribution in [-0.2, 0) is 21.4 Å². The molecule has 2 N–H and O–H groups in total. The highest BCUT2D eigenvalue weighted by Gasteiger charge is 2.27. The number of aromatic nitrogens is 2. The summed E-state index contributed by atoms with van der Waals surface area (Å²) in [5.41, 5.74) is 0. The zero-order valence-electron chi connectivity index (χ0n) is 11.4. The number of sulfonamides is 1. The standard InChI is InChI=1S/C11H19N3O5S/c1-9(2)14(5-6-15)20(18,19)10-7-12-13(8-10)4-3-11(16)17/h7-9,15H,3-6H2,1-2H3,(H,16,17). The van der Waals surface area contributed by atoms with Crippen LogP contribution in [0.1, 0.15) is 20.3 Å². The van der Waals surface area contributed by atoms with Crippen molar-refractivity contribution in [2.75, 3.05) is 13.2 Å². The van der Waals surface area contributed by atoms with Crippen LogP contribution in [0.25, 0.3) is 0 Å². The molecule has 0 aliphatic rings. The molecule has 0 saturated heterocycles. The molecular formula is C11H19N3O5S. The third-order valence-corrected chi connectivity index (χ3v) is 4.70. The van der Waals surface area contributed by atoms with E-state index in [2.05, 4.69) is 5.10 Å². The van der Waals surface area contributed by atoms with Crippen molar-refractivity contribution in [3.05, 3.63) is 12.4 Å². The normalized spacial score (nSPS) is 12.2. The van der Waals surface area contributed by atoms with Gasteiger partial charge in [-0.3, -0.25) is 9.48 Å². The van der Waals surface area contributed by atoms with Gasteiger partial charge in [0.1, 0.15) is 4.90 Å². The van der Waals surface area contributed by atoms with E-state index >= 15 is 0 Å². The molecular weight excluding hydrogens is 286 g/mol. The second-order valence-electron chi connectivity index (χ2n) is 4.52. The van der Waals surface area contributed by atoms with Crippen molar-refractivity contribution in [1.29, 1.82) is 0 Å². The van der Waals surface area contributed by atoms with Gasteiger partial charge in [-0.1, -0.05) is 0 Å². The largest absolute Gasteiger partial charge is 0.481 e. The number of hydrogen-bond donors (Lipinski definition) is 2. The van der Waals surface area contributed by atoms with E-state index in [1.807, 2.05) is 0 Å². The number of carboxylic acid groups (broad SMARTS) is 1. The van der Waals surface area contributed by atoms with E-state index in [4.69, 9.17) is 10.2 Å². The second kappa shape index (κ2) is 6.82. The number of hydrogen-bond acceptors (Lipinski definition) is 5. The summed E-state index contributed by atoms with van der Waals surface area (Å²) < 4.78 is 27.2. The molecule has 0 amide bonds. The molecule has 9 heteroatoms. The summed E-state index contributed by atoms with van der Waals surface area (Å²) in [6.07, 6.45) is 2.35. The van der Waals surface area contributed by atoms with Gasteiger partial charge in [0.15, 0.2) is 0 Å². The van der Waals surface area contributed by atoms with E-state index in [0.717, 1.165) is 0 Å². The molecule has 0 bridgehead atoms. The van der Waals surface area contributed by atoms with Crippen LogP contribution in [0.15, 0.2) is 17.3 Å². The Morgan fingerprint density at radius 1 is 1.50 bits per heavy atom. The fraction of sp³-hybridized carbons (Fsp3) is 0.636. The van der Waals surface area contributed by atoms with Gasteiger partial charge >= 0.3 is 5.97 Å². The number of aliphatic hydroxyl groups excluding tert-OH is 1. The highest BCUT2D eigenvalue weighted by Crippen LogP contribution is 2.17. The highest BCUT2D eigenvalue weighted by atomic mass is 32.2. The topological polar surface area (TPSA) is 113 Å². The first-order valence-corrected chi connectivity index (χ1v) is 7.60. The molecule has 0 atom stereocenters. The lowest BCUT2D eigenvalue weighted by Gasteiger charge is -2.24. The van der Waals surface area contributed by atoms with E-state index in [1.54, 1.807) is 13.8 Å². The van der Waals surface area contributed by atoms with Gasteiger partial charge in [-0.15, -0.1) is 0 Å². The van der Waals surface area contributed by atoms with Gasteiger partial charge in [-0.05, 0) is 13.8 Å². The van der Waals surface area contributed by atoms with E-state index in [9.17, 15) is 13.2 Å². The van der Waals surface area contributed by atoms with Crippen LogP contribution in [0.5, 0.6) is 0 Å². The van der Waals surface area contributed by atoms with Crippen LogP contribution in [0.3, 0.4) is 0 Å². The first-order valence-electron chi connectivity index (χ1n) is 6.16. The Morgan fingerprint density at radius 3 is 2.65 bits per heavy atom. The summed E-state index contributed by atoms with van der Waals surface area (Å²) >= 11 is 0. The Bertz CT molecular complexity index is 552. The molecule has 0 fully saturated rings. The Kier molecular flexibility index (Phi) is 5.66. The molecule has 0 radical (unpaired) electrons. The summed E-state index contributed by atoms with van der Waals surface area (Å²) in [5, 5.41) is 21.4. The summed E-state index contributed by atoms with van der Waals surface area (Å²) in [5.74, 6) is -0.978. The lowest BCUT2D eigenvalue weighted by Crippen LogP contribution is -2.38. The smallest absolute Gasteiger partial charge is 0.305 e. The SMILES string of the molecule is CC(C)N(CCO)S(=O)(=O)c1cnn(CCC(=O)O)c1. The van der Waals surface area contributed by atoms with Crippen LogP contribution in [0.4, 0.5) is 0 Å². The Morgan fingerprint density at radius 2 is 2.15 bits per heavy atom. The first-order chi connectivity index (χ1) is 9.28. The molecule has 1 aromatic heterocycles. The van der Waals surface area contributed by atoms with Gasteiger partial charge in [0.25, 0.3) is 0 Å². The van der Waals surface area contributed by atoms with E-state index in [1.165, 1.54) is 21.4 Å². The van der Waals surface area contributed by atoms with Gasteiger partial charge in [-0.25, -0.2) is 8.42 Å². The Balaban J connectivity index is 2.94. The monoisotopic (exact) mass is 305 g/mol. The number of aliphatic hydroxyl groups is 1. The molecule has 0 spiro atoms. The molecule has 1 rings (SSSR count). The van der Waals surface area contributed by atoms with Gasteiger partial charge < -0.3 is 10.2 Å². The van der Waals surface area contributed by atoms with Crippen molar-refractivity contribution in [2.45, 2.75) is 37.8 Å². The minimum atomic E-state index is -3.74. The fourth-order valence-electron chi connectivity index (χ4n) is 1.70. The number of aliphatic carboxylic acids is 1. The van der Waals surface area contributed by atoms with Crippen molar-refractivity contribution in [1.82, 2.24) is 14.1 Å². The quantitative estimate of drug-likeness (QED) is 0.685. The van der Waals surface area contributed by atoms with E-state index < -0.39 is 16.0 Å². The van der Waals surface area contributed by atoms with Crippen molar-refractivity contribution >= 4 is 16.0 Å². The molecule has 0 saturated carbocycles. The summed E-state index contributed by atoms with van der Waals surface area (Å²) in [6.45, 7) is 3.25. The number of carbonyl (C=O) groups is 1. The molecule has 8 nitrogen and oxygen atoms in total. The van der Waals surface area contributed by atoms with Gasteiger partial charge in [-0.2, -0.15) is 9.40 Å². The zero-order valence-corrected chi connectivity index (χ0v) is 12.2. The third-order valence-electron chi connectivity index (χ3n) is 2.67. The third kappa shape index (κ3) is 4.02. The van der Waals surface area contributed by atoms with Gasteiger partial charge in [0, 0.05) is 18.8 Å². The van der Waals surface area contributed by atoms with Gasteiger partial charge in [0.2, 0.25) is 10.0 Å². The van der Waals surface area contributed by atoms with Gasteiger partial charge in [0.05, 0.1) is 25.8 Å². The van der Waals surface area contributed by atoms with Crippen LogP contribution in [0, 0.1) is 0 Å². The molecule has 1 aromatic rings. The minimum absolute atomic E-state index is 0.000303. The average molecular weight is 305 g/mol. The van der Waals surface area contributed by atoms with Crippen LogP contribution in [0.2, 0.25) is 0 Å².